The molecule has 10 heteroatoms. The third kappa shape index (κ3) is 5.20. The highest BCUT2D eigenvalue weighted by atomic mass is 35.5. The van der Waals surface area contributed by atoms with Crippen molar-refractivity contribution in [3.8, 4) is 17.2 Å². The van der Waals surface area contributed by atoms with E-state index in [-0.39, 0.29) is 23.3 Å². The fourth-order valence-corrected chi connectivity index (χ4v) is 2.50. The summed E-state index contributed by atoms with van der Waals surface area (Å²) in [5.41, 5.74) is 1.24. The van der Waals surface area contributed by atoms with Crippen LogP contribution in [0.3, 0.4) is 0 Å². The number of halogens is 1. The summed E-state index contributed by atoms with van der Waals surface area (Å²) < 4.78 is 16.0. The summed E-state index contributed by atoms with van der Waals surface area (Å²) in [4.78, 5) is 20.1. The molecule has 1 N–H and O–H groups in total. The van der Waals surface area contributed by atoms with Gasteiger partial charge in [-0.05, 0) is 30.7 Å². The van der Waals surface area contributed by atoms with E-state index in [0.717, 1.165) is 0 Å². The first-order valence-electron chi connectivity index (χ1n) is 8.97. The largest absolute Gasteiger partial charge is 0.494 e. The van der Waals surface area contributed by atoms with Gasteiger partial charge in [0.2, 0.25) is 11.2 Å². The van der Waals surface area contributed by atoms with Crippen LogP contribution < -0.4 is 10.1 Å². The van der Waals surface area contributed by atoms with Crippen LogP contribution in [0.15, 0.2) is 28.8 Å². The van der Waals surface area contributed by atoms with E-state index in [1.54, 1.807) is 32.0 Å². The van der Waals surface area contributed by atoms with E-state index < -0.39 is 5.97 Å². The summed E-state index contributed by atoms with van der Waals surface area (Å²) in [7, 11) is 1.51. The first-order valence-corrected chi connectivity index (χ1v) is 9.35. The summed E-state index contributed by atoms with van der Waals surface area (Å²) in [5.74, 6) is 0.785. The first kappa shape index (κ1) is 22.1. The molecule has 0 bridgehead atoms. The Balaban J connectivity index is 0.00000145. The van der Waals surface area contributed by atoms with Crippen molar-refractivity contribution in [3.05, 3.63) is 41.1 Å². The standard InChI is InChI=1S/C17H16ClN5O4.C2H6/c1-4-26-16(24)11-8-19-17(18)21-14(11)20-12-7-5-6-10(13(12)25-3)15-23-22-9(2)27-15;1-2/h5-8H,4H2,1-3H3,(H,19,20,21);1-2H3. The SMILES string of the molecule is CC.CCOC(=O)c1cnc(Cl)nc1Nc1cccc(-c2nnc(C)o2)c1OC. The van der Waals surface area contributed by atoms with Crippen LogP contribution in [0.5, 0.6) is 5.75 Å². The molecule has 0 amide bonds. The Morgan fingerprint density at radius 2 is 2.03 bits per heavy atom. The van der Waals surface area contributed by atoms with Gasteiger partial charge in [0.15, 0.2) is 5.75 Å². The second kappa shape index (κ2) is 10.4. The Labute approximate surface area is 173 Å². The van der Waals surface area contributed by atoms with Gasteiger partial charge >= 0.3 is 5.97 Å². The third-order valence-corrected chi connectivity index (χ3v) is 3.67. The zero-order chi connectivity index (χ0) is 21.4. The molecule has 3 rings (SSSR count). The Morgan fingerprint density at radius 3 is 2.66 bits per heavy atom. The minimum atomic E-state index is -0.570. The van der Waals surface area contributed by atoms with Crippen LogP contribution >= 0.6 is 11.6 Å². The molecule has 1 aromatic carbocycles. The van der Waals surface area contributed by atoms with Gasteiger partial charge < -0.3 is 19.2 Å². The van der Waals surface area contributed by atoms with Gasteiger partial charge in [-0.25, -0.2) is 9.78 Å². The number of nitrogens with zero attached hydrogens (tertiary/aromatic N) is 4. The van der Waals surface area contributed by atoms with Crippen LogP contribution in [0.1, 0.15) is 37.0 Å². The minimum Gasteiger partial charge on any atom is -0.494 e. The molecule has 0 unspecified atom stereocenters. The second-order valence-electron chi connectivity index (χ2n) is 5.26. The highest BCUT2D eigenvalue weighted by Crippen LogP contribution is 2.37. The summed E-state index contributed by atoms with van der Waals surface area (Å²) in [6, 6.07) is 5.29. The molecule has 0 aliphatic heterocycles. The van der Waals surface area contributed by atoms with E-state index in [1.165, 1.54) is 13.3 Å². The van der Waals surface area contributed by atoms with Crippen molar-refractivity contribution in [1.82, 2.24) is 20.2 Å². The molecule has 0 saturated heterocycles. The average molecular weight is 420 g/mol. The number of hydrogen-bond acceptors (Lipinski definition) is 9. The van der Waals surface area contributed by atoms with E-state index in [4.69, 9.17) is 25.5 Å². The maximum absolute atomic E-state index is 12.2. The topological polar surface area (TPSA) is 112 Å². The van der Waals surface area contributed by atoms with E-state index >= 15 is 0 Å². The molecule has 0 radical (unpaired) electrons. The lowest BCUT2D eigenvalue weighted by molar-refractivity contribution is 0.0526. The molecule has 9 nitrogen and oxygen atoms in total. The quantitative estimate of drug-likeness (QED) is 0.457. The van der Waals surface area contributed by atoms with Crippen LogP contribution in [0.2, 0.25) is 5.28 Å². The first-order chi connectivity index (χ1) is 14.0. The summed E-state index contributed by atoms with van der Waals surface area (Å²) >= 11 is 5.89. The summed E-state index contributed by atoms with van der Waals surface area (Å²) in [6.45, 7) is 7.62. The van der Waals surface area contributed by atoms with Gasteiger partial charge in [-0.2, -0.15) is 4.98 Å². The smallest absolute Gasteiger partial charge is 0.343 e. The van der Waals surface area contributed by atoms with Gasteiger partial charge in [-0.1, -0.05) is 19.9 Å². The van der Waals surface area contributed by atoms with Crippen LogP contribution in [-0.4, -0.2) is 39.9 Å². The van der Waals surface area contributed by atoms with Crippen molar-refractivity contribution in [1.29, 1.82) is 0 Å². The van der Waals surface area contributed by atoms with Gasteiger partial charge in [0, 0.05) is 13.1 Å². The number of benzene rings is 1. The van der Waals surface area contributed by atoms with Crippen LogP contribution in [0.4, 0.5) is 11.5 Å². The number of aromatic nitrogens is 4. The third-order valence-electron chi connectivity index (χ3n) is 3.48. The van der Waals surface area contributed by atoms with Crippen LogP contribution in [0.25, 0.3) is 11.5 Å². The maximum atomic E-state index is 12.2. The van der Waals surface area contributed by atoms with Crippen molar-refractivity contribution in [2.75, 3.05) is 19.0 Å². The lowest BCUT2D eigenvalue weighted by atomic mass is 10.1. The minimum absolute atomic E-state index is 0.0202. The van der Waals surface area contributed by atoms with Crippen molar-refractivity contribution in [2.45, 2.75) is 27.7 Å². The number of anilines is 2. The number of carbonyl (C=O) groups is 1. The molecule has 0 saturated carbocycles. The van der Waals surface area contributed by atoms with Crippen LogP contribution in [-0.2, 0) is 4.74 Å². The Kier molecular flexibility index (Phi) is 7.90. The Morgan fingerprint density at radius 1 is 1.28 bits per heavy atom. The van der Waals surface area contributed by atoms with Gasteiger partial charge in [0.05, 0.1) is 25.0 Å². The van der Waals surface area contributed by atoms with Gasteiger partial charge in [-0.15, -0.1) is 10.2 Å². The lowest BCUT2D eigenvalue weighted by Crippen LogP contribution is -2.10. The molecule has 2 heterocycles. The monoisotopic (exact) mass is 419 g/mol. The fourth-order valence-electron chi connectivity index (χ4n) is 2.37. The number of carbonyl (C=O) groups excluding carboxylic acids is 1. The molecule has 3 aromatic rings. The molecule has 0 spiro atoms. The summed E-state index contributed by atoms with van der Waals surface area (Å²) in [5, 5.41) is 10.9. The van der Waals surface area contributed by atoms with E-state index in [0.29, 0.717) is 28.8 Å². The molecule has 0 aliphatic rings. The van der Waals surface area contributed by atoms with Crippen molar-refractivity contribution < 1.29 is 18.7 Å². The predicted octanol–water partition coefficient (Wildman–Crippen LogP) is 4.44. The predicted molar refractivity (Wildman–Crippen MR) is 109 cm³/mol. The Bertz CT molecular complexity index is 977. The van der Waals surface area contributed by atoms with Gasteiger partial charge in [0.1, 0.15) is 11.4 Å². The second-order valence-corrected chi connectivity index (χ2v) is 5.60. The lowest BCUT2D eigenvalue weighted by Gasteiger charge is -2.14. The molecular weight excluding hydrogens is 398 g/mol. The molecule has 154 valence electrons. The van der Waals surface area contributed by atoms with Gasteiger partial charge in [0.25, 0.3) is 5.89 Å². The fraction of sp³-hybridized carbons (Fsp3) is 0.316. The number of rotatable bonds is 6. The number of hydrogen-bond donors (Lipinski definition) is 1. The molecule has 0 aliphatic carbocycles. The zero-order valence-electron chi connectivity index (χ0n) is 16.8. The number of ether oxygens (including phenoxy) is 2. The molecule has 29 heavy (non-hydrogen) atoms. The molecular formula is C19H22ClN5O4. The normalized spacial score (nSPS) is 10.0. The number of para-hydroxylation sites is 1. The number of esters is 1. The molecule has 0 atom stereocenters. The van der Waals surface area contributed by atoms with Crippen LogP contribution in [0, 0.1) is 6.92 Å². The van der Waals surface area contributed by atoms with E-state index in [9.17, 15) is 4.79 Å². The summed E-state index contributed by atoms with van der Waals surface area (Å²) in [6.07, 6.45) is 1.30. The van der Waals surface area contributed by atoms with Crippen molar-refractivity contribution in [2.24, 2.45) is 0 Å². The van der Waals surface area contributed by atoms with E-state index in [2.05, 4.69) is 25.5 Å². The maximum Gasteiger partial charge on any atom is 0.343 e. The average Bonchev–Trinajstić information content (AvgIpc) is 3.16. The molecule has 2 aromatic heterocycles. The molecule has 0 fully saturated rings. The van der Waals surface area contributed by atoms with E-state index in [1.807, 2.05) is 13.8 Å². The number of methoxy groups -OCH3 is 1. The Hall–Kier alpha value is -3.20. The zero-order valence-corrected chi connectivity index (χ0v) is 17.6. The highest BCUT2D eigenvalue weighted by Gasteiger charge is 2.20. The highest BCUT2D eigenvalue weighted by molar-refractivity contribution is 6.28. The van der Waals surface area contributed by atoms with Crippen molar-refractivity contribution >= 4 is 29.1 Å². The van der Waals surface area contributed by atoms with Gasteiger partial charge in [-0.3, -0.25) is 0 Å². The van der Waals surface area contributed by atoms with Crippen molar-refractivity contribution in [3.63, 3.8) is 0 Å². The number of nitrogens with one attached hydrogen (secondary N) is 1. The number of aryl methyl sites for hydroxylation is 1.